The van der Waals surface area contributed by atoms with E-state index in [4.69, 9.17) is 0 Å². The number of piperidine rings is 1. The van der Waals surface area contributed by atoms with E-state index in [9.17, 15) is 9.59 Å². The summed E-state index contributed by atoms with van der Waals surface area (Å²) in [5, 5.41) is 10.8. The Balaban J connectivity index is 1.35. The van der Waals surface area contributed by atoms with Gasteiger partial charge in [0.2, 0.25) is 0 Å². The second-order valence-corrected chi connectivity index (χ2v) is 7.83. The topological polar surface area (TPSA) is 79.3 Å². The predicted molar refractivity (Wildman–Crippen MR) is 108 cm³/mol. The van der Waals surface area contributed by atoms with Crippen LogP contribution in [0.15, 0.2) is 47.3 Å². The summed E-state index contributed by atoms with van der Waals surface area (Å²) >= 11 is 0. The van der Waals surface area contributed by atoms with Crippen LogP contribution in [-0.4, -0.2) is 53.4 Å². The molecule has 148 valence electrons. The highest BCUT2D eigenvalue weighted by Crippen LogP contribution is 2.35. The van der Waals surface area contributed by atoms with Gasteiger partial charge in [0.05, 0.1) is 12.2 Å². The maximum absolute atomic E-state index is 12.6. The molecule has 1 spiro atoms. The number of carbonyl (C=O) groups is 1. The Morgan fingerprint density at radius 2 is 2.04 bits per heavy atom. The van der Waals surface area contributed by atoms with Crippen molar-refractivity contribution < 1.29 is 4.79 Å². The van der Waals surface area contributed by atoms with Crippen LogP contribution in [0.25, 0.3) is 11.3 Å². The van der Waals surface area contributed by atoms with Gasteiger partial charge in [-0.1, -0.05) is 30.3 Å². The molecule has 1 unspecified atom stereocenters. The molecule has 2 fully saturated rings. The number of hydrogen-bond acceptors (Lipinski definition) is 4. The minimum absolute atomic E-state index is 0.0433. The Hall–Kier alpha value is -2.67. The molecule has 28 heavy (non-hydrogen) atoms. The number of rotatable bonds is 4. The molecule has 2 aliphatic rings. The van der Waals surface area contributed by atoms with Crippen LogP contribution in [0.3, 0.4) is 0 Å². The van der Waals surface area contributed by atoms with Crippen LogP contribution in [0.4, 0.5) is 4.79 Å². The first-order chi connectivity index (χ1) is 13.7. The summed E-state index contributed by atoms with van der Waals surface area (Å²) in [6.45, 7) is 4.39. The number of urea groups is 1. The molecule has 2 saturated heterocycles. The molecule has 2 amide bonds. The minimum Gasteiger partial charge on any atom is -0.336 e. The highest BCUT2D eigenvalue weighted by atomic mass is 16.2. The fraction of sp³-hybridized carbons (Fsp3) is 0.476. The van der Waals surface area contributed by atoms with Crippen LogP contribution in [0.5, 0.6) is 0 Å². The molecule has 1 atom stereocenters. The van der Waals surface area contributed by atoms with Crippen molar-refractivity contribution in [2.45, 2.75) is 25.8 Å². The highest BCUT2D eigenvalue weighted by Gasteiger charge is 2.39. The summed E-state index contributed by atoms with van der Waals surface area (Å²) in [6.07, 6.45) is 3.38. The number of hydrogen-bond donors (Lipinski definition) is 2. The molecule has 7 heteroatoms. The lowest BCUT2D eigenvalue weighted by atomic mass is 9.79. The lowest BCUT2D eigenvalue weighted by Crippen LogP contribution is -2.51. The number of nitrogens with one attached hydrogen (secondary N) is 2. The van der Waals surface area contributed by atoms with Gasteiger partial charge in [-0.2, -0.15) is 5.10 Å². The second kappa shape index (κ2) is 8.14. The molecule has 0 radical (unpaired) electrons. The molecule has 1 aromatic carbocycles. The number of aromatic nitrogens is 2. The number of likely N-dealkylation sites (tertiary alicyclic amines) is 1. The van der Waals surface area contributed by atoms with Crippen molar-refractivity contribution >= 4 is 6.03 Å². The molecule has 7 nitrogen and oxygen atoms in total. The SMILES string of the molecule is O=C(NCCn1nc(-c2ccccc2)ccc1=O)N1CCCC2(CCNC2)C1. The van der Waals surface area contributed by atoms with Crippen molar-refractivity contribution in [3.8, 4) is 11.3 Å². The lowest BCUT2D eigenvalue weighted by Gasteiger charge is -2.39. The summed E-state index contributed by atoms with van der Waals surface area (Å²) in [6, 6.07) is 13.0. The van der Waals surface area contributed by atoms with Crippen LogP contribution in [0.2, 0.25) is 0 Å². The van der Waals surface area contributed by atoms with Crippen molar-refractivity contribution in [3.05, 3.63) is 52.8 Å². The van der Waals surface area contributed by atoms with Crippen LogP contribution >= 0.6 is 0 Å². The zero-order valence-electron chi connectivity index (χ0n) is 16.1. The van der Waals surface area contributed by atoms with E-state index in [0.717, 1.165) is 50.3 Å². The van der Waals surface area contributed by atoms with E-state index >= 15 is 0 Å². The Bertz CT molecular complexity index is 874. The van der Waals surface area contributed by atoms with E-state index in [1.54, 1.807) is 6.07 Å². The number of benzene rings is 1. The summed E-state index contributed by atoms with van der Waals surface area (Å²) in [7, 11) is 0. The van der Waals surface area contributed by atoms with Gasteiger partial charge in [0.25, 0.3) is 5.56 Å². The maximum atomic E-state index is 12.6. The van der Waals surface area contributed by atoms with Crippen LogP contribution in [0.1, 0.15) is 19.3 Å². The zero-order valence-corrected chi connectivity index (χ0v) is 16.1. The van der Waals surface area contributed by atoms with Gasteiger partial charge in [-0.15, -0.1) is 0 Å². The van der Waals surface area contributed by atoms with E-state index in [1.165, 1.54) is 17.2 Å². The highest BCUT2D eigenvalue weighted by molar-refractivity contribution is 5.74. The zero-order chi connectivity index (χ0) is 19.4. The molecule has 4 rings (SSSR count). The molecule has 2 aromatic rings. The first-order valence-corrected chi connectivity index (χ1v) is 10.0. The van der Waals surface area contributed by atoms with Gasteiger partial charge in [-0.25, -0.2) is 9.48 Å². The van der Waals surface area contributed by atoms with Crippen molar-refractivity contribution in [1.29, 1.82) is 0 Å². The Morgan fingerprint density at radius 1 is 1.18 bits per heavy atom. The smallest absolute Gasteiger partial charge is 0.317 e. The molecule has 1 aromatic heterocycles. The van der Waals surface area contributed by atoms with E-state index in [0.29, 0.717) is 13.1 Å². The van der Waals surface area contributed by atoms with Crippen molar-refractivity contribution in [1.82, 2.24) is 25.3 Å². The van der Waals surface area contributed by atoms with Crippen molar-refractivity contribution in [3.63, 3.8) is 0 Å². The van der Waals surface area contributed by atoms with Gasteiger partial charge in [-0.3, -0.25) is 4.79 Å². The van der Waals surface area contributed by atoms with E-state index in [2.05, 4.69) is 15.7 Å². The molecule has 0 aliphatic carbocycles. The summed E-state index contributed by atoms with van der Waals surface area (Å²) in [5.74, 6) is 0. The third kappa shape index (κ3) is 4.09. The third-order valence-electron chi connectivity index (χ3n) is 5.82. The van der Waals surface area contributed by atoms with Gasteiger partial charge in [0.1, 0.15) is 0 Å². The van der Waals surface area contributed by atoms with Crippen molar-refractivity contribution in [2.75, 3.05) is 32.7 Å². The van der Waals surface area contributed by atoms with Crippen LogP contribution < -0.4 is 16.2 Å². The first kappa shape index (κ1) is 18.7. The van der Waals surface area contributed by atoms with Gasteiger partial charge < -0.3 is 15.5 Å². The Kier molecular flexibility index (Phi) is 5.43. The average molecular weight is 381 g/mol. The molecule has 0 bridgehead atoms. The van der Waals surface area contributed by atoms with Gasteiger partial charge >= 0.3 is 6.03 Å². The maximum Gasteiger partial charge on any atom is 0.317 e. The number of nitrogens with zero attached hydrogens (tertiary/aromatic N) is 3. The van der Waals surface area contributed by atoms with Gasteiger partial charge in [0.15, 0.2) is 0 Å². The van der Waals surface area contributed by atoms with E-state index < -0.39 is 0 Å². The van der Waals surface area contributed by atoms with Crippen LogP contribution in [0, 0.1) is 5.41 Å². The Labute approximate surface area is 164 Å². The largest absolute Gasteiger partial charge is 0.336 e. The van der Waals surface area contributed by atoms with E-state index in [-0.39, 0.29) is 17.0 Å². The fourth-order valence-corrected chi connectivity index (χ4v) is 4.28. The molecule has 0 saturated carbocycles. The summed E-state index contributed by atoms with van der Waals surface area (Å²) in [4.78, 5) is 26.6. The molecular formula is C21H27N5O2. The summed E-state index contributed by atoms with van der Waals surface area (Å²) in [5.41, 5.74) is 1.79. The molecule has 2 N–H and O–H groups in total. The molecule has 2 aliphatic heterocycles. The van der Waals surface area contributed by atoms with Crippen molar-refractivity contribution in [2.24, 2.45) is 5.41 Å². The second-order valence-electron chi connectivity index (χ2n) is 7.83. The first-order valence-electron chi connectivity index (χ1n) is 10.0. The quantitative estimate of drug-likeness (QED) is 0.845. The normalized spacial score (nSPS) is 21.8. The summed E-state index contributed by atoms with van der Waals surface area (Å²) < 4.78 is 1.42. The van der Waals surface area contributed by atoms with Gasteiger partial charge in [-0.05, 0) is 31.9 Å². The van der Waals surface area contributed by atoms with Gasteiger partial charge in [0, 0.05) is 43.2 Å². The third-order valence-corrected chi connectivity index (χ3v) is 5.82. The van der Waals surface area contributed by atoms with E-state index in [1.807, 2.05) is 35.2 Å². The standard InChI is InChI=1S/C21H27N5O2/c27-19-8-7-18(17-5-2-1-3-6-17)24-26(19)14-12-23-20(28)25-13-4-9-21(16-25)10-11-22-15-21/h1-3,5-8,22H,4,9-16H2,(H,23,28). The monoisotopic (exact) mass is 381 g/mol. The fourth-order valence-electron chi connectivity index (χ4n) is 4.28. The van der Waals surface area contributed by atoms with Crippen LogP contribution in [-0.2, 0) is 6.54 Å². The Morgan fingerprint density at radius 3 is 2.82 bits per heavy atom. The number of amides is 2. The molecule has 3 heterocycles. The minimum atomic E-state index is -0.164. The molecular weight excluding hydrogens is 354 g/mol. The number of carbonyl (C=O) groups excluding carboxylic acids is 1. The average Bonchev–Trinajstić information content (AvgIpc) is 3.17. The lowest BCUT2D eigenvalue weighted by molar-refractivity contribution is 0.118. The predicted octanol–water partition coefficient (Wildman–Crippen LogP) is 1.70.